The van der Waals surface area contributed by atoms with E-state index < -0.39 is 0 Å². The molecule has 0 aromatic heterocycles. The van der Waals surface area contributed by atoms with Crippen molar-refractivity contribution in [2.45, 2.75) is 39.2 Å². The molecule has 0 radical (unpaired) electrons. The molecule has 1 aliphatic rings. The summed E-state index contributed by atoms with van der Waals surface area (Å²) in [5.74, 6) is 0.114. The van der Waals surface area contributed by atoms with Crippen LogP contribution in [-0.4, -0.2) is 12.5 Å². The number of amides is 1. The first-order chi connectivity index (χ1) is 8.70. The molecule has 3 nitrogen and oxygen atoms in total. The highest BCUT2D eigenvalue weighted by atomic mass is 16.2. The summed E-state index contributed by atoms with van der Waals surface area (Å²) in [7, 11) is 0. The molecule has 18 heavy (non-hydrogen) atoms. The van der Waals surface area contributed by atoms with Gasteiger partial charge in [0.2, 0.25) is 5.91 Å². The number of rotatable bonds is 6. The van der Waals surface area contributed by atoms with E-state index in [0.29, 0.717) is 13.1 Å². The van der Waals surface area contributed by atoms with Crippen molar-refractivity contribution in [3.8, 4) is 0 Å². The Morgan fingerprint density at radius 2 is 1.89 bits per heavy atom. The molecule has 2 rings (SSSR count). The summed E-state index contributed by atoms with van der Waals surface area (Å²) < 4.78 is 0. The molecule has 1 aromatic rings. The molecule has 0 aliphatic heterocycles. The van der Waals surface area contributed by atoms with E-state index in [0.717, 1.165) is 31.2 Å². The van der Waals surface area contributed by atoms with Gasteiger partial charge in [0.15, 0.2) is 0 Å². The summed E-state index contributed by atoms with van der Waals surface area (Å²) in [6.07, 6.45) is 4.15. The lowest BCUT2D eigenvalue weighted by atomic mass is 10.1. The first-order valence-electron chi connectivity index (χ1n) is 6.76. The summed E-state index contributed by atoms with van der Waals surface area (Å²) in [6.45, 7) is 3.25. The first kappa shape index (κ1) is 13.1. The average molecular weight is 246 g/mol. The van der Waals surface area contributed by atoms with E-state index in [1.807, 2.05) is 0 Å². The standard InChI is InChI=1S/C15H22N2O/c1-2-3-12-4-6-13(7-5-12)10-17-14(18)15(11-16)8-9-15/h4-7H,2-3,8-11,16H2,1H3,(H,17,18). The normalized spacial score (nSPS) is 16.3. The van der Waals surface area contributed by atoms with Crippen molar-refractivity contribution < 1.29 is 4.79 Å². The van der Waals surface area contributed by atoms with E-state index in [2.05, 4.69) is 36.5 Å². The number of hydrogen-bond donors (Lipinski definition) is 2. The number of carbonyl (C=O) groups is 1. The van der Waals surface area contributed by atoms with Crippen LogP contribution in [0.5, 0.6) is 0 Å². The highest BCUT2D eigenvalue weighted by Gasteiger charge is 2.48. The summed E-state index contributed by atoms with van der Waals surface area (Å²) in [5.41, 5.74) is 7.89. The molecule has 0 spiro atoms. The molecule has 98 valence electrons. The van der Waals surface area contributed by atoms with Crippen molar-refractivity contribution in [2.75, 3.05) is 6.54 Å². The van der Waals surface area contributed by atoms with Gasteiger partial charge in [0.25, 0.3) is 0 Å². The fraction of sp³-hybridized carbons (Fsp3) is 0.533. The molecular weight excluding hydrogens is 224 g/mol. The van der Waals surface area contributed by atoms with Crippen LogP contribution in [0.1, 0.15) is 37.3 Å². The first-order valence-corrected chi connectivity index (χ1v) is 6.76. The molecule has 0 unspecified atom stereocenters. The van der Waals surface area contributed by atoms with Crippen LogP contribution in [0.2, 0.25) is 0 Å². The van der Waals surface area contributed by atoms with Gasteiger partial charge in [0.05, 0.1) is 5.41 Å². The summed E-state index contributed by atoms with van der Waals surface area (Å²) in [6, 6.07) is 8.46. The summed E-state index contributed by atoms with van der Waals surface area (Å²) in [5, 5.41) is 2.99. The maximum atomic E-state index is 11.9. The fourth-order valence-electron chi connectivity index (χ4n) is 2.16. The monoisotopic (exact) mass is 246 g/mol. The van der Waals surface area contributed by atoms with E-state index in [4.69, 9.17) is 5.73 Å². The topological polar surface area (TPSA) is 55.1 Å². The largest absolute Gasteiger partial charge is 0.352 e. The minimum Gasteiger partial charge on any atom is -0.352 e. The Bertz CT molecular complexity index is 407. The quantitative estimate of drug-likeness (QED) is 0.806. The van der Waals surface area contributed by atoms with Crippen LogP contribution in [0.3, 0.4) is 0 Å². The zero-order valence-corrected chi connectivity index (χ0v) is 11.0. The maximum absolute atomic E-state index is 11.9. The van der Waals surface area contributed by atoms with Gasteiger partial charge in [-0.2, -0.15) is 0 Å². The minimum atomic E-state index is -0.248. The molecule has 0 atom stereocenters. The van der Waals surface area contributed by atoms with Crippen LogP contribution in [0.25, 0.3) is 0 Å². The van der Waals surface area contributed by atoms with Crippen LogP contribution in [0, 0.1) is 5.41 Å². The van der Waals surface area contributed by atoms with Gasteiger partial charge in [-0.1, -0.05) is 37.6 Å². The molecule has 1 aliphatic carbocycles. The van der Waals surface area contributed by atoms with Crippen molar-refractivity contribution in [1.82, 2.24) is 5.32 Å². The van der Waals surface area contributed by atoms with E-state index in [1.54, 1.807) is 0 Å². The van der Waals surface area contributed by atoms with Crippen LogP contribution < -0.4 is 11.1 Å². The Morgan fingerprint density at radius 3 is 2.39 bits per heavy atom. The van der Waals surface area contributed by atoms with Crippen LogP contribution in [0.15, 0.2) is 24.3 Å². The molecule has 3 N–H and O–H groups in total. The molecule has 0 bridgehead atoms. The molecule has 0 saturated heterocycles. The van der Waals surface area contributed by atoms with E-state index >= 15 is 0 Å². The Kier molecular flexibility index (Phi) is 4.02. The van der Waals surface area contributed by atoms with Crippen LogP contribution in [-0.2, 0) is 17.8 Å². The van der Waals surface area contributed by atoms with Crippen LogP contribution in [0.4, 0.5) is 0 Å². The van der Waals surface area contributed by atoms with Crippen molar-refractivity contribution >= 4 is 5.91 Å². The Balaban J connectivity index is 1.85. The molecule has 1 amide bonds. The van der Waals surface area contributed by atoms with Gasteiger partial charge in [0.1, 0.15) is 0 Å². The third kappa shape index (κ3) is 2.91. The highest BCUT2D eigenvalue weighted by Crippen LogP contribution is 2.44. The maximum Gasteiger partial charge on any atom is 0.227 e. The van der Waals surface area contributed by atoms with E-state index in [-0.39, 0.29) is 11.3 Å². The average Bonchev–Trinajstić information content (AvgIpc) is 3.19. The highest BCUT2D eigenvalue weighted by molar-refractivity contribution is 5.85. The number of benzene rings is 1. The second kappa shape index (κ2) is 5.53. The van der Waals surface area contributed by atoms with Crippen molar-refractivity contribution in [1.29, 1.82) is 0 Å². The van der Waals surface area contributed by atoms with E-state index in [1.165, 1.54) is 5.56 Å². The van der Waals surface area contributed by atoms with Gasteiger partial charge in [-0.25, -0.2) is 0 Å². The molecule has 0 heterocycles. The van der Waals surface area contributed by atoms with Gasteiger partial charge in [-0.3, -0.25) is 4.79 Å². The van der Waals surface area contributed by atoms with Crippen LogP contribution >= 0.6 is 0 Å². The van der Waals surface area contributed by atoms with Crippen molar-refractivity contribution in [2.24, 2.45) is 11.1 Å². The Hall–Kier alpha value is -1.35. The van der Waals surface area contributed by atoms with Gasteiger partial charge < -0.3 is 11.1 Å². The number of aryl methyl sites for hydroxylation is 1. The van der Waals surface area contributed by atoms with Gasteiger partial charge in [-0.05, 0) is 30.4 Å². The lowest BCUT2D eigenvalue weighted by Crippen LogP contribution is -2.36. The number of nitrogens with two attached hydrogens (primary N) is 1. The summed E-state index contributed by atoms with van der Waals surface area (Å²) >= 11 is 0. The number of nitrogens with one attached hydrogen (secondary N) is 1. The Labute approximate surface area is 109 Å². The van der Waals surface area contributed by atoms with Gasteiger partial charge in [0, 0.05) is 13.1 Å². The second-order valence-electron chi connectivity index (χ2n) is 5.23. The van der Waals surface area contributed by atoms with Gasteiger partial charge >= 0.3 is 0 Å². The zero-order valence-electron chi connectivity index (χ0n) is 11.0. The SMILES string of the molecule is CCCc1ccc(CNC(=O)C2(CN)CC2)cc1. The number of carbonyl (C=O) groups excluding carboxylic acids is 1. The van der Waals surface area contributed by atoms with Gasteiger partial charge in [-0.15, -0.1) is 0 Å². The lowest BCUT2D eigenvalue weighted by Gasteiger charge is -2.12. The molecule has 3 heteroatoms. The zero-order chi connectivity index (χ0) is 13.0. The predicted octanol–water partition coefficient (Wildman–Crippen LogP) is 1.99. The minimum absolute atomic E-state index is 0.114. The fourth-order valence-corrected chi connectivity index (χ4v) is 2.16. The second-order valence-corrected chi connectivity index (χ2v) is 5.23. The summed E-state index contributed by atoms with van der Waals surface area (Å²) in [4.78, 5) is 11.9. The number of hydrogen-bond acceptors (Lipinski definition) is 2. The predicted molar refractivity (Wildman–Crippen MR) is 73.0 cm³/mol. The third-order valence-corrected chi connectivity index (χ3v) is 3.74. The van der Waals surface area contributed by atoms with Crippen molar-refractivity contribution in [3.05, 3.63) is 35.4 Å². The molecule has 1 fully saturated rings. The van der Waals surface area contributed by atoms with Crippen molar-refractivity contribution in [3.63, 3.8) is 0 Å². The Morgan fingerprint density at radius 1 is 1.28 bits per heavy atom. The molecular formula is C15H22N2O. The lowest BCUT2D eigenvalue weighted by molar-refractivity contribution is -0.126. The third-order valence-electron chi connectivity index (χ3n) is 3.74. The smallest absolute Gasteiger partial charge is 0.227 e. The molecule has 1 aromatic carbocycles. The molecule has 1 saturated carbocycles. The van der Waals surface area contributed by atoms with E-state index in [9.17, 15) is 4.79 Å².